The van der Waals surface area contributed by atoms with Gasteiger partial charge in [-0.15, -0.1) is 11.3 Å². The summed E-state index contributed by atoms with van der Waals surface area (Å²) in [6.45, 7) is 6.38. The quantitative estimate of drug-likeness (QED) is 0.243. The van der Waals surface area contributed by atoms with Crippen LogP contribution in [0.15, 0.2) is 78.2 Å². The summed E-state index contributed by atoms with van der Waals surface area (Å²) in [6, 6.07) is 23.4. The van der Waals surface area contributed by atoms with Crippen molar-refractivity contribution < 1.29 is 9.59 Å². The highest BCUT2D eigenvalue weighted by Gasteiger charge is 2.18. The first-order chi connectivity index (χ1) is 18.5. The summed E-state index contributed by atoms with van der Waals surface area (Å²) in [7, 11) is 0. The van der Waals surface area contributed by atoms with Crippen LogP contribution in [0.4, 0.5) is 22.2 Å². The Hall–Kier alpha value is -3.97. The second kappa shape index (κ2) is 11.6. The third-order valence-electron chi connectivity index (χ3n) is 6.79. The average Bonchev–Trinajstić information content (AvgIpc) is 3.43. The zero-order valence-corrected chi connectivity index (χ0v) is 22.6. The van der Waals surface area contributed by atoms with Crippen LogP contribution >= 0.6 is 11.3 Å². The van der Waals surface area contributed by atoms with Crippen LogP contribution < -0.4 is 15.1 Å². The highest BCUT2D eigenvalue weighted by atomic mass is 32.1. The molecular weight excluding hydrogens is 492 g/mol. The van der Waals surface area contributed by atoms with Gasteiger partial charge in [0.05, 0.1) is 5.69 Å². The fraction of sp³-hybridized carbons (Fsp3) is 0.258. The molecule has 1 aliphatic rings. The fourth-order valence-electron chi connectivity index (χ4n) is 4.79. The van der Waals surface area contributed by atoms with Crippen molar-refractivity contribution >= 4 is 45.7 Å². The molecule has 0 spiro atoms. The Bertz CT molecular complexity index is 1390. The van der Waals surface area contributed by atoms with E-state index in [0.29, 0.717) is 11.1 Å². The molecular formula is C31H32N4O2S. The number of aromatic nitrogens is 1. The summed E-state index contributed by atoms with van der Waals surface area (Å²) >= 11 is 1.57. The van der Waals surface area contributed by atoms with E-state index in [1.165, 1.54) is 24.9 Å². The van der Waals surface area contributed by atoms with E-state index >= 15 is 0 Å². The zero-order valence-electron chi connectivity index (χ0n) is 21.8. The Morgan fingerprint density at radius 2 is 1.74 bits per heavy atom. The Morgan fingerprint density at radius 3 is 2.42 bits per heavy atom. The molecule has 1 saturated heterocycles. The molecule has 6 nitrogen and oxygen atoms in total. The molecule has 1 aromatic heterocycles. The molecule has 1 amide bonds. The highest BCUT2D eigenvalue weighted by Crippen LogP contribution is 2.34. The molecule has 4 aromatic rings. The van der Waals surface area contributed by atoms with Gasteiger partial charge in [0.2, 0.25) is 0 Å². The van der Waals surface area contributed by atoms with Crippen molar-refractivity contribution in [2.75, 3.05) is 28.2 Å². The number of thiazole rings is 1. The number of rotatable bonds is 8. The normalized spacial score (nSPS) is 13.4. The van der Waals surface area contributed by atoms with Gasteiger partial charge in [-0.1, -0.05) is 24.3 Å². The van der Waals surface area contributed by atoms with Crippen molar-refractivity contribution in [1.82, 2.24) is 4.98 Å². The topological polar surface area (TPSA) is 65.5 Å². The van der Waals surface area contributed by atoms with Crippen LogP contribution in [0.25, 0.3) is 11.3 Å². The van der Waals surface area contributed by atoms with Gasteiger partial charge < -0.3 is 15.1 Å². The second-order valence-electron chi connectivity index (χ2n) is 9.82. The van der Waals surface area contributed by atoms with E-state index in [1.807, 2.05) is 72.1 Å². The van der Waals surface area contributed by atoms with Crippen LogP contribution in [0.1, 0.15) is 53.8 Å². The standard InChI is InChI=1S/C31H32N4O2S/c1-22(2)35(28-8-6-7-23(19-28)20-36)31-33-29(21-38-31)24-9-13-26(14-10-24)32-30(37)25-11-15-27(16-12-25)34-17-4-3-5-18-34/h6-16,19-22H,3-5,17-18H2,1-2H3,(H,32,37). The Kier molecular flexibility index (Phi) is 7.84. The van der Waals surface area contributed by atoms with Gasteiger partial charge in [0.1, 0.15) is 6.29 Å². The first-order valence-electron chi connectivity index (χ1n) is 13.1. The van der Waals surface area contributed by atoms with Gasteiger partial charge in [-0.05, 0) is 81.6 Å². The number of nitrogens with zero attached hydrogens (tertiary/aromatic N) is 3. The third kappa shape index (κ3) is 5.78. The number of carbonyl (C=O) groups excluding carboxylic acids is 2. The molecule has 7 heteroatoms. The molecule has 1 fully saturated rings. The van der Waals surface area contributed by atoms with Crippen LogP contribution in [0, 0.1) is 0 Å². The number of anilines is 4. The predicted octanol–water partition coefficient (Wildman–Crippen LogP) is 7.41. The summed E-state index contributed by atoms with van der Waals surface area (Å²) in [6.07, 6.45) is 4.62. The molecule has 1 N–H and O–H groups in total. The van der Waals surface area contributed by atoms with E-state index in [0.717, 1.165) is 47.1 Å². The Balaban J connectivity index is 1.26. The maximum absolute atomic E-state index is 12.8. The van der Waals surface area contributed by atoms with Crippen molar-refractivity contribution in [2.24, 2.45) is 0 Å². The zero-order chi connectivity index (χ0) is 26.5. The molecule has 38 heavy (non-hydrogen) atoms. The minimum atomic E-state index is -0.121. The molecule has 0 saturated carbocycles. The summed E-state index contributed by atoms with van der Waals surface area (Å²) in [4.78, 5) is 33.5. The Morgan fingerprint density at radius 1 is 1.00 bits per heavy atom. The van der Waals surface area contributed by atoms with E-state index in [1.54, 1.807) is 17.4 Å². The number of hydrogen-bond acceptors (Lipinski definition) is 6. The van der Waals surface area contributed by atoms with Gasteiger partial charge in [0.15, 0.2) is 5.13 Å². The Labute approximate surface area is 227 Å². The van der Waals surface area contributed by atoms with Gasteiger partial charge in [0.25, 0.3) is 5.91 Å². The minimum Gasteiger partial charge on any atom is -0.372 e. The van der Waals surface area contributed by atoms with E-state index in [4.69, 9.17) is 4.98 Å². The molecule has 1 aliphatic heterocycles. The molecule has 0 radical (unpaired) electrons. The molecule has 5 rings (SSSR count). The van der Waals surface area contributed by atoms with Crippen molar-refractivity contribution in [3.63, 3.8) is 0 Å². The lowest BCUT2D eigenvalue weighted by Gasteiger charge is -2.28. The van der Waals surface area contributed by atoms with Crippen molar-refractivity contribution in [3.8, 4) is 11.3 Å². The first kappa shape index (κ1) is 25.7. The first-order valence-corrected chi connectivity index (χ1v) is 14.0. The van der Waals surface area contributed by atoms with E-state index in [-0.39, 0.29) is 11.9 Å². The summed E-state index contributed by atoms with van der Waals surface area (Å²) in [5.41, 5.74) is 5.99. The van der Waals surface area contributed by atoms with Crippen molar-refractivity contribution in [2.45, 2.75) is 39.2 Å². The maximum Gasteiger partial charge on any atom is 0.255 e. The van der Waals surface area contributed by atoms with Crippen molar-refractivity contribution in [3.05, 3.63) is 89.3 Å². The highest BCUT2D eigenvalue weighted by molar-refractivity contribution is 7.14. The predicted molar refractivity (Wildman–Crippen MR) is 157 cm³/mol. The van der Waals surface area contributed by atoms with Crippen LogP contribution in [0.3, 0.4) is 0 Å². The summed E-state index contributed by atoms with van der Waals surface area (Å²) in [5, 5.41) is 5.90. The summed E-state index contributed by atoms with van der Waals surface area (Å²) < 4.78 is 0. The molecule has 194 valence electrons. The van der Waals surface area contributed by atoms with Gasteiger partial charge in [-0.3, -0.25) is 9.59 Å². The molecule has 0 aliphatic carbocycles. The van der Waals surface area contributed by atoms with Crippen LogP contribution in [0.2, 0.25) is 0 Å². The van der Waals surface area contributed by atoms with Gasteiger partial charge in [-0.25, -0.2) is 4.98 Å². The molecule has 2 heterocycles. The smallest absolute Gasteiger partial charge is 0.255 e. The monoisotopic (exact) mass is 524 g/mol. The van der Waals surface area contributed by atoms with Gasteiger partial charge in [0, 0.05) is 58.3 Å². The number of amides is 1. The lowest BCUT2D eigenvalue weighted by atomic mass is 10.1. The number of piperidine rings is 1. The second-order valence-corrected chi connectivity index (χ2v) is 10.7. The molecule has 0 atom stereocenters. The van der Waals surface area contributed by atoms with Gasteiger partial charge >= 0.3 is 0 Å². The largest absolute Gasteiger partial charge is 0.372 e. The number of nitrogens with one attached hydrogen (secondary N) is 1. The lowest BCUT2D eigenvalue weighted by molar-refractivity contribution is 0.102. The van der Waals surface area contributed by atoms with Crippen LogP contribution in [0.5, 0.6) is 0 Å². The third-order valence-corrected chi connectivity index (χ3v) is 7.63. The number of hydrogen-bond donors (Lipinski definition) is 1. The van der Waals surface area contributed by atoms with E-state index < -0.39 is 0 Å². The fourth-order valence-corrected chi connectivity index (χ4v) is 5.77. The molecule has 0 bridgehead atoms. The molecule has 0 unspecified atom stereocenters. The van der Waals surface area contributed by atoms with E-state index in [9.17, 15) is 9.59 Å². The van der Waals surface area contributed by atoms with E-state index in [2.05, 4.69) is 29.0 Å². The molecule has 3 aromatic carbocycles. The number of carbonyl (C=O) groups is 2. The van der Waals surface area contributed by atoms with Crippen LogP contribution in [-0.4, -0.2) is 36.3 Å². The van der Waals surface area contributed by atoms with Crippen LogP contribution in [-0.2, 0) is 0 Å². The number of aldehydes is 1. The SMILES string of the molecule is CC(C)N(c1cccc(C=O)c1)c1nc(-c2ccc(NC(=O)c3ccc(N4CCCCC4)cc3)cc2)cs1. The summed E-state index contributed by atoms with van der Waals surface area (Å²) in [5.74, 6) is -0.121. The maximum atomic E-state index is 12.8. The number of benzene rings is 3. The minimum absolute atomic E-state index is 0.121. The average molecular weight is 525 g/mol. The van der Waals surface area contributed by atoms with Gasteiger partial charge in [-0.2, -0.15) is 0 Å². The van der Waals surface area contributed by atoms with Crippen molar-refractivity contribution in [1.29, 1.82) is 0 Å². The lowest BCUT2D eigenvalue weighted by Crippen LogP contribution is -2.29.